The Morgan fingerprint density at radius 1 is 1.38 bits per heavy atom. The van der Waals surface area contributed by atoms with E-state index in [9.17, 15) is 19.2 Å². The first-order valence-electron chi connectivity index (χ1n) is 10.8. The zero-order valence-corrected chi connectivity index (χ0v) is 18.3. The first-order valence-corrected chi connectivity index (χ1v) is 10.8. The molecule has 172 valence electrons. The number of nitrogens with zero attached hydrogens (tertiary/aromatic N) is 4. The van der Waals surface area contributed by atoms with E-state index >= 15 is 0 Å². The number of halogens is 1. The SMILES string of the molecule is CC(=O)N(C)C1OC(=O)N(c2cccc(F)c2)C1C1CNCCN1C1(C#N)CCOCC1. The number of benzene rings is 1. The smallest absolute Gasteiger partial charge is 0.416 e. The number of ether oxygens (including phenoxy) is 2. The number of rotatable bonds is 4. The number of nitriles is 1. The van der Waals surface area contributed by atoms with Crippen molar-refractivity contribution in [1.29, 1.82) is 5.26 Å². The maximum Gasteiger partial charge on any atom is 0.416 e. The van der Waals surface area contributed by atoms with Crippen LogP contribution in [0, 0.1) is 17.1 Å². The molecule has 0 radical (unpaired) electrons. The minimum Gasteiger partial charge on any atom is -0.423 e. The summed E-state index contributed by atoms with van der Waals surface area (Å²) in [5, 5.41) is 13.6. The maximum absolute atomic E-state index is 14.1. The van der Waals surface area contributed by atoms with Gasteiger partial charge in [0.05, 0.1) is 17.8 Å². The van der Waals surface area contributed by atoms with Crippen LogP contribution in [-0.4, -0.2) is 85.5 Å². The highest BCUT2D eigenvalue weighted by molar-refractivity contribution is 5.91. The molecule has 10 heteroatoms. The van der Waals surface area contributed by atoms with Gasteiger partial charge in [-0.05, 0) is 18.2 Å². The van der Waals surface area contributed by atoms with Gasteiger partial charge in [0.15, 0.2) is 0 Å². The lowest BCUT2D eigenvalue weighted by atomic mass is 9.85. The first-order chi connectivity index (χ1) is 15.4. The summed E-state index contributed by atoms with van der Waals surface area (Å²) in [4.78, 5) is 30.2. The van der Waals surface area contributed by atoms with Crippen molar-refractivity contribution in [3.8, 4) is 6.07 Å². The van der Waals surface area contributed by atoms with Crippen LogP contribution < -0.4 is 10.2 Å². The zero-order chi connectivity index (χ0) is 22.9. The molecule has 0 saturated carbocycles. The predicted molar refractivity (Wildman–Crippen MR) is 113 cm³/mol. The van der Waals surface area contributed by atoms with Gasteiger partial charge in [0.2, 0.25) is 12.1 Å². The maximum atomic E-state index is 14.1. The molecular formula is C22H28FN5O4. The number of carbonyl (C=O) groups excluding carboxylic acids is 2. The van der Waals surface area contributed by atoms with Crippen LogP contribution in [0.3, 0.4) is 0 Å². The molecule has 4 rings (SSSR count). The van der Waals surface area contributed by atoms with Crippen molar-refractivity contribution in [1.82, 2.24) is 15.1 Å². The lowest BCUT2D eigenvalue weighted by molar-refractivity contribution is -0.137. The van der Waals surface area contributed by atoms with Crippen LogP contribution in [0.4, 0.5) is 14.9 Å². The number of amides is 2. The van der Waals surface area contributed by atoms with E-state index in [1.807, 2.05) is 0 Å². The van der Waals surface area contributed by atoms with Crippen LogP contribution in [0.25, 0.3) is 0 Å². The lowest BCUT2D eigenvalue weighted by Gasteiger charge is -2.51. The largest absolute Gasteiger partial charge is 0.423 e. The number of cyclic esters (lactones) is 1. The molecule has 3 aliphatic heterocycles. The van der Waals surface area contributed by atoms with Crippen molar-refractivity contribution in [2.45, 2.75) is 43.6 Å². The number of nitrogens with one attached hydrogen (secondary N) is 1. The molecule has 2 amide bonds. The van der Waals surface area contributed by atoms with Crippen LogP contribution in [0.1, 0.15) is 19.8 Å². The standard InChI is InChI=1S/C22H28FN5O4/c1-15(29)26(2)20-19(28(21(30)32-20)17-5-3-4-16(23)12-17)18-13-25-8-9-27(18)22(14-24)6-10-31-11-7-22/h3-5,12,18-20,25H,6-11,13H2,1-2H3. The summed E-state index contributed by atoms with van der Waals surface area (Å²) in [6.07, 6.45) is -0.433. The van der Waals surface area contributed by atoms with Crippen molar-refractivity contribution in [2.24, 2.45) is 0 Å². The lowest BCUT2D eigenvalue weighted by Crippen LogP contribution is -2.69. The highest BCUT2D eigenvalue weighted by atomic mass is 19.1. The van der Waals surface area contributed by atoms with Crippen molar-refractivity contribution in [2.75, 3.05) is 44.8 Å². The summed E-state index contributed by atoms with van der Waals surface area (Å²) in [5.41, 5.74) is -0.396. The summed E-state index contributed by atoms with van der Waals surface area (Å²) in [6, 6.07) is 7.29. The molecule has 3 unspecified atom stereocenters. The Hall–Kier alpha value is -2.74. The topological polar surface area (TPSA) is 98.1 Å². The van der Waals surface area contributed by atoms with Gasteiger partial charge in [0.1, 0.15) is 17.4 Å². The Balaban J connectivity index is 1.78. The van der Waals surface area contributed by atoms with Gasteiger partial charge >= 0.3 is 6.09 Å². The summed E-state index contributed by atoms with van der Waals surface area (Å²) >= 11 is 0. The van der Waals surface area contributed by atoms with Gasteiger partial charge in [-0.1, -0.05) is 6.07 Å². The molecule has 3 fully saturated rings. The molecule has 9 nitrogen and oxygen atoms in total. The zero-order valence-electron chi connectivity index (χ0n) is 18.3. The number of likely N-dealkylation sites (N-methyl/N-ethyl adjacent to an activating group) is 1. The van der Waals surface area contributed by atoms with E-state index < -0.39 is 29.7 Å². The van der Waals surface area contributed by atoms with E-state index in [4.69, 9.17) is 9.47 Å². The number of hydrogen-bond acceptors (Lipinski definition) is 7. The average Bonchev–Trinajstić information content (AvgIpc) is 3.15. The summed E-state index contributed by atoms with van der Waals surface area (Å²) in [6.45, 7) is 4.14. The van der Waals surface area contributed by atoms with Gasteiger partial charge in [-0.3, -0.25) is 14.6 Å². The minimum atomic E-state index is -0.883. The van der Waals surface area contributed by atoms with Gasteiger partial charge in [0, 0.05) is 59.7 Å². The highest BCUT2D eigenvalue weighted by Gasteiger charge is 2.55. The van der Waals surface area contributed by atoms with Crippen LogP contribution in [0.5, 0.6) is 0 Å². The molecule has 1 aromatic carbocycles. The molecule has 3 heterocycles. The third kappa shape index (κ3) is 3.92. The average molecular weight is 445 g/mol. The fraction of sp³-hybridized carbons (Fsp3) is 0.591. The first kappa shape index (κ1) is 22.5. The van der Waals surface area contributed by atoms with Crippen molar-refractivity contribution >= 4 is 17.7 Å². The Labute approximate surface area is 186 Å². The highest BCUT2D eigenvalue weighted by Crippen LogP contribution is 2.37. The quantitative estimate of drug-likeness (QED) is 0.746. The third-order valence-electron chi connectivity index (χ3n) is 6.73. The Morgan fingerprint density at radius 2 is 2.12 bits per heavy atom. The summed E-state index contributed by atoms with van der Waals surface area (Å²) in [5.74, 6) is -0.737. The second-order valence-corrected chi connectivity index (χ2v) is 8.47. The van der Waals surface area contributed by atoms with E-state index in [-0.39, 0.29) is 11.9 Å². The molecule has 0 bridgehead atoms. The van der Waals surface area contributed by atoms with E-state index in [1.165, 1.54) is 34.9 Å². The number of piperazine rings is 1. The van der Waals surface area contributed by atoms with Crippen LogP contribution in [0.2, 0.25) is 0 Å². The Morgan fingerprint density at radius 3 is 2.78 bits per heavy atom. The fourth-order valence-electron chi connectivity index (χ4n) is 4.97. The summed E-state index contributed by atoms with van der Waals surface area (Å²) in [7, 11) is 1.58. The monoisotopic (exact) mass is 445 g/mol. The van der Waals surface area contributed by atoms with E-state index in [2.05, 4.69) is 16.3 Å². The molecular weight excluding hydrogens is 417 g/mol. The molecule has 1 aromatic rings. The van der Waals surface area contributed by atoms with E-state index in [0.717, 1.165) is 0 Å². The molecule has 3 saturated heterocycles. The second-order valence-electron chi connectivity index (χ2n) is 8.47. The van der Waals surface area contributed by atoms with Crippen molar-refractivity contribution in [3.05, 3.63) is 30.1 Å². The Bertz CT molecular complexity index is 916. The van der Waals surface area contributed by atoms with Gasteiger partial charge < -0.3 is 19.7 Å². The minimum absolute atomic E-state index is 0.259. The van der Waals surface area contributed by atoms with Gasteiger partial charge in [0.25, 0.3) is 0 Å². The van der Waals surface area contributed by atoms with Gasteiger partial charge in [-0.25, -0.2) is 9.18 Å². The van der Waals surface area contributed by atoms with Crippen LogP contribution >= 0.6 is 0 Å². The van der Waals surface area contributed by atoms with E-state index in [0.29, 0.717) is 51.4 Å². The molecule has 0 aliphatic carbocycles. The number of anilines is 1. The fourth-order valence-corrected chi connectivity index (χ4v) is 4.97. The normalized spacial score (nSPS) is 28.1. The van der Waals surface area contributed by atoms with E-state index in [1.54, 1.807) is 13.1 Å². The molecule has 0 aromatic heterocycles. The number of carbonyl (C=O) groups is 2. The second kappa shape index (κ2) is 9.02. The number of hydrogen-bond donors (Lipinski definition) is 1. The molecule has 0 spiro atoms. The molecule has 32 heavy (non-hydrogen) atoms. The van der Waals surface area contributed by atoms with Gasteiger partial charge in [-0.2, -0.15) is 5.26 Å². The molecule has 1 N–H and O–H groups in total. The summed E-state index contributed by atoms with van der Waals surface area (Å²) < 4.78 is 25.2. The predicted octanol–water partition coefficient (Wildman–Crippen LogP) is 1.30. The van der Waals surface area contributed by atoms with Crippen LogP contribution in [-0.2, 0) is 14.3 Å². The van der Waals surface area contributed by atoms with Crippen LogP contribution in [0.15, 0.2) is 24.3 Å². The Kier molecular flexibility index (Phi) is 6.33. The van der Waals surface area contributed by atoms with Crippen molar-refractivity contribution < 1.29 is 23.5 Å². The molecule has 3 aliphatic rings. The molecule has 3 atom stereocenters. The third-order valence-corrected chi connectivity index (χ3v) is 6.73. The van der Waals surface area contributed by atoms with Gasteiger partial charge in [-0.15, -0.1) is 0 Å². The van der Waals surface area contributed by atoms with Crippen molar-refractivity contribution in [3.63, 3.8) is 0 Å².